The Hall–Kier alpha value is -1.44. The van der Waals surface area contributed by atoms with Crippen molar-refractivity contribution >= 4 is 28.6 Å². The molecule has 0 saturated heterocycles. The van der Waals surface area contributed by atoms with Gasteiger partial charge in [-0.05, 0) is 24.4 Å². The monoisotopic (exact) mass is 296 g/mol. The molecule has 1 fully saturated rings. The van der Waals surface area contributed by atoms with Gasteiger partial charge in [-0.15, -0.1) is 0 Å². The van der Waals surface area contributed by atoms with Crippen LogP contribution in [0.15, 0.2) is 6.33 Å². The first kappa shape index (κ1) is 13.5. The van der Waals surface area contributed by atoms with Crippen LogP contribution in [0.4, 0.5) is 5.82 Å². The number of hydrazine groups is 1. The second-order valence-electron chi connectivity index (χ2n) is 5.00. The van der Waals surface area contributed by atoms with Crippen molar-refractivity contribution in [1.82, 2.24) is 19.5 Å². The van der Waals surface area contributed by atoms with E-state index < -0.39 is 0 Å². The van der Waals surface area contributed by atoms with Gasteiger partial charge in [0, 0.05) is 6.04 Å². The zero-order chi connectivity index (χ0) is 14.1. The molecule has 1 aliphatic carbocycles. The first-order chi connectivity index (χ1) is 9.70. The molecule has 7 nitrogen and oxygen atoms in total. The van der Waals surface area contributed by atoms with Gasteiger partial charge in [0.25, 0.3) is 0 Å². The lowest BCUT2D eigenvalue weighted by molar-refractivity contribution is 0.302. The van der Waals surface area contributed by atoms with Gasteiger partial charge in [0.15, 0.2) is 17.0 Å². The molecule has 0 bridgehead atoms. The smallest absolute Gasteiger partial charge is 0.226 e. The molecule has 2 aromatic heterocycles. The van der Waals surface area contributed by atoms with Gasteiger partial charge in [-0.3, -0.25) is 5.01 Å². The minimum atomic E-state index is -0.0665. The molecule has 1 saturated carbocycles. The summed E-state index contributed by atoms with van der Waals surface area (Å²) in [5.41, 5.74) is 1.33. The summed E-state index contributed by atoms with van der Waals surface area (Å²) >= 11 is 6.00. The number of halogens is 1. The zero-order valence-electron chi connectivity index (χ0n) is 11.0. The molecule has 3 rings (SSSR count). The lowest BCUT2D eigenvalue weighted by Gasteiger charge is -2.17. The van der Waals surface area contributed by atoms with Gasteiger partial charge in [0.05, 0.1) is 19.5 Å². The quantitative estimate of drug-likeness (QED) is 0.501. The van der Waals surface area contributed by atoms with Gasteiger partial charge in [0.2, 0.25) is 5.28 Å². The summed E-state index contributed by atoms with van der Waals surface area (Å²) in [5, 5.41) is 10.5. The number of fused-ring (bicyclic) bond motifs is 1. The Balaban J connectivity index is 2.08. The molecular formula is C12H17ClN6O. The van der Waals surface area contributed by atoms with Crippen molar-refractivity contribution in [1.29, 1.82) is 0 Å². The number of aromatic nitrogens is 4. The number of rotatable bonds is 4. The van der Waals surface area contributed by atoms with E-state index in [1.165, 1.54) is 17.9 Å². The van der Waals surface area contributed by atoms with E-state index in [1.54, 1.807) is 6.33 Å². The van der Waals surface area contributed by atoms with Crippen LogP contribution in [0, 0.1) is 0 Å². The molecule has 20 heavy (non-hydrogen) atoms. The van der Waals surface area contributed by atoms with Gasteiger partial charge in [-0.2, -0.15) is 9.97 Å². The minimum Gasteiger partial charge on any atom is -0.394 e. The molecule has 0 spiro atoms. The predicted molar refractivity (Wildman–Crippen MR) is 76.5 cm³/mol. The molecule has 0 unspecified atom stereocenters. The summed E-state index contributed by atoms with van der Waals surface area (Å²) in [7, 11) is 0. The first-order valence-corrected chi connectivity index (χ1v) is 7.11. The molecule has 2 aromatic rings. The highest BCUT2D eigenvalue weighted by molar-refractivity contribution is 6.28. The Morgan fingerprint density at radius 2 is 2.15 bits per heavy atom. The van der Waals surface area contributed by atoms with Crippen LogP contribution in [0.2, 0.25) is 5.28 Å². The Kier molecular flexibility index (Phi) is 3.73. The fourth-order valence-corrected chi connectivity index (χ4v) is 2.90. The van der Waals surface area contributed by atoms with Crippen molar-refractivity contribution in [3.8, 4) is 0 Å². The van der Waals surface area contributed by atoms with Gasteiger partial charge >= 0.3 is 0 Å². The summed E-state index contributed by atoms with van der Waals surface area (Å²) in [6, 6.07) is 0.419. The molecule has 1 aliphatic rings. The lowest BCUT2D eigenvalue weighted by Crippen LogP contribution is -2.34. The molecule has 8 heteroatoms. The number of aliphatic hydroxyl groups excluding tert-OH is 1. The second kappa shape index (κ2) is 5.51. The van der Waals surface area contributed by atoms with Gasteiger partial charge in [-0.25, -0.2) is 10.8 Å². The van der Waals surface area contributed by atoms with E-state index in [4.69, 9.17) is 22.6 Å². The standard InChI is InChI=1S/C12H17ClN6O/c13-12-16-10-9(11(17-12)19(14)5-6-20)15-7-18(10)8-3-1-2-4-8/h7-8,20H,1-6,14H2. The number of nitrogens with zero attached hydrogens (tertiary/aromatic N) is 5. The van der Waals surface area contributed by atoms with Crippen molar-refractivity contribution in [2.24, 2.45) is 5.84 Å². The third kappa shape index (κ3) is 2.32. The summed E-state index contributed by atoms with van der Waals surface area (Å²) in [6.07, 6.45) is 6.49. The van der Waals surface area contributed by atoms with Gasteiger partial charge in [-0.1, -0.05) is 12.8 Å². The number of hydrogen-bond donors (Lipinski definition) is 2. The zero-order valence-corrected chi connectivity index (χ0v) is 11.8. The van der Waals surface area contributed by atoms with E-state index in [2.05, 4.69) is 19.5 Å². The molecular weight excluding hydrogens is 280 g/mol. The number of imidazole rings is 1. The Morgan fingerprint density at radius 1 is 1.40 bits per heavy atom. The fraction of sp³-hybridized carbons (Fsp3) is 0.583. The van der Waals surface area contributed by atoms with E-state index in [9.17, 15) is 0 Å². The van der Waals surface area contributed by atoms with E-state index >= 15 is 0 Å². The normalized spacial score (nSPS) is 16.1. The van der Waals surface area contributed by atoms with Crippen LogP contribution in [0.5, 0.6) is 0 Å². The van der Waals surface area contributed by atoms with E-state index in [-0.39, 0.29) is 18.4 Å². The molecule has 3 N–H and O–H groups in total. The molecule has 108 valence electrons. The molecule has 0 aliphatic heterocycles. The van der Waals surface area contributed by atoms with Crippen LogP contribution >= 0.6 is 11.6 Å². The van der Waals surface area contributed by atoms with Crippen molar-refractivity contribution in [3.05, 3.63) is 11.6 Å². The third-order valence-corrected chi connectivity index (χ3v) is 3.88. The largest absolute Gasteiger partial charge is 0.394 e. The van der Waals surface area contributed by atoms with E-state index in [1.807, 2.05) is 0 Å². The number of nitrogens with two attached hydrogens (primary N) is 1. The van der Waals surface area contributed by atoms with Gasteiger partial charge in [0.1, 0.15) is 0 Å². The highest BCUT2D eigenvalue weighted by Crippen LogP contribution is 2.33. The SMILES string of the molecule is NN(CCO)c1nc(Cl)nc2c1ncn2C1CCCC1. The molecule has 0 aromatic carbocycles. The number of hydrogen-bond acceptors (Lipinski definition) is 6. The van der Waals surface area contributed by atoms with E-state index in [0.717, 1.165) is 12.8 Å². The average Bonchev–Trinajstić information content (AvgIpc) is 3.05. The molecule has 0 amide bonds. The maximum Gasteiger partial charge on any atom is 0.226 e. The summed E-state index contributed by atoms with van der Waals surface area (Å²) in [5.74, 6) is 6.33. The van der Waals surface area contributed by atoms with Crippen LogP contribution in [0.25, 0.3) is 11.2 Å². The summed E-state index contributed by atoms with van der Waals surface area (Å²) in [6.45, 7) is 0.196. The predicted octanol–water partition coefficient (Wildman–Crippen LogP) is 1.27. The maximum atomic E-state index is 8.99. The Labute approximate surface area is 121 Å². The highest BCUT2D eigenvalue weighted by atomic mass is 35.5. The maximum absolute atomic E-state index is 8.99. The van der Waals surface area contributed by atoms with Crippen LogP contribution in [-0.4, -0.2) is 37.8 Å². The fourth-order valence-electron chi connectivity index (χ4n) is 2.74. The minimum absolute atomic E-state index is 0.0665. The third-order valence-electron chi connectivity index (χ3n) is 3.71. The molecule has 0 radical (unpaired) electrons. The van der Waals surface area contributed by atoms with Crippen LogP contribution in [0.1, 0.15) is 31.7 Å². The van der Waals surface area contributed by atoms with E-state index in [0.29, 0.717) is 23.0 Å². The van der Waals surface area contributed by atoms with Crippen molar-refractivity contribution in [2.45, 2.75) is 31.7 Å². The van der Waals surface area contributed by atoms with Crippen LogP contribution < -0.4 is 10.9 Å². The van der Waals surface area contributed by atoms with Crippen molar-refractivity contribution in [3.63, 3.8) is 0 Å². The highest BCUT2D eigenvalue weighted by Gasteiger charge is 2.22. The Bertz CT molecular complexity index is 609. The van der Waals surface area contributed by atoms with Crippen molar-refractivity contribution in [2.75, 3.05) is 18.2 Å². The van der Waals surface area contributed by atoms with Crippen LogP contribution in [0.3, 0.4) is 0 Å². The number of aliphatic hydroxyl groups is 1. The summed E-state index contributed by atoms with van der Waals surface area (Å²) in [4.78, 5) is 12.8. The lowest BCUT2D eigenvalue weighted by atomic mass is 10.2. The Morgan fingerprint density at radius 3 is 2.85 bits per heavy atom. The number of anilines is 1. The van der Waals surface area contributed by atoms with Crippen LogP contribution in [-0.2, 0) is 0 Å². The molecule has 2 heterocycles. The molecule has 0 atom stereocenters. The topological polar surface area (TPSA) is 93.1 Å². The second-order valence-corrected chi connectivity index (χ2v) is 5.33. The summed E-state index contributed by atoms with van der Waals surface area (Å²) < 4.78 is 2.06. The van der Waals surface area contributed by atoms with Gasteiger partial charge < -0.3 is 9.67 Å². The first-order valence-electron chi connectivity index (χ1n) is 6.74. The average molecular weight is 297 g/mol. The van der Waals surface area contributed by atoms with Crippen molar-refractivity contribution < 1.29 is 5.11 Å².